The van der Waals surface area contributed by atoms with Crippen molar-refractivity contribution in [1.29, 1.82) is 0 Å². The average Bonchev–Trinajstić information content (AvgIpc) is 2.65. The van der Waals surface area contributed by atoms with Gasteiger partial charge in [0.15, 0.2) is 0 Å². The SMILES string of the molecule is C=C(NS(=O)(=O)C1CC1)C(C)C. The van der Waals surface area contributed by atoms with E-state index >= 15 is 0 Å². The van der Waals surface area contributed by atoms with Crippen LogP contribution in [0.5, 0.6) is 0 Å². The lowest BCUT2D eigenvalue weighted by atomic mass is 10.2. The van der Waals surface area contributed by atoms with E-state index in [9.17, 15) is 8.42 Å². The molecule has 70 valence electrons. The molecule has 0 bridgehead atoms. The third-order valence-corrected chi connectivity index (χ3v) is 3.83. The molecular weight excluding hydrogens is 174 g/mol. The number of rotatable bonds is 4. The van der Waals surface area contributed by atoms with Crippen molar-refractivity contribution < 1.29 is 8.42 Å². The van der Waals surface area contributed by atoms with Gasteiger partial charge in [-0.3, -0.25) is 4.72 Å². The number of nitrogens with one attached hydrogen (secondary N) is 1. The fourth-order valence-corrected chi connectivity index (χ4v) is 2.29. The predicted molar refractivity (Wildman–Crippen MR) is 49.1 cm³/mol. The molecule has 1 aliphatic rings. The lowest BCUT2D eigenvalue weighted by Gasteiger charge is -2.12. The number of hydrogen-bond donors (Lipinski definition) is 1. The van der Waals surface area contributed by atoms with E-state index in [0.29, 0.717) is 5.70 Å². The van der Waals surface area contributed by atoms with Gasteiger partial charge >= 0.3 is 0 Å². The Morgan fingerprint density at radius 3 is 2.33 bits per heavy atom. The fraction of sp³-hybridized carbons (Fsp3) is 0.750. The van der Waals surface area contributed by atoms with Crippen LogP contribution in [-0.2, 0) is 10.0 Å². The Kier molecular flexibility index (Phi) is 2.46. The molecule has 0 unspecified atom stereocenters. The highest BCUT2D eigenvalue weighted by Gasteiger charge is 2.35. The first-order valence-electron chi connectivity index (χ1n) is 4.14. The summed E-state index contributed by atoms with van der Waals surface area (Å²) in [6.07, 6.45) is 1.58. The molecule has 1 saturated carbocycles. The molecule has 0 heterocycles. The van der Waals surface area contributed by atoms with Gasteiger partial charge in [-0.15, -0.1) is 0 Å². The van der Waals surface area contributed by atoms with Crippen molar-refractivity contribution in [3.05, 3.63) is 12.3 Å². The molecule has 1 rings (SSSR count). The maximum atomic E-state index is 11.3. The molecule has 12 heavy (non-hydrogen) atoms. The highest BCUT2D eigenvalue weighted by molar-refractivity contribution is 7.90. The highest BCUT2D eigenvalue weighted by atomic mass is 32.2. The van der Waals surface area contributed by atoms with Crippen LogP contribution < -0.4 is 4.72 Å². The maximum absolute atomic E-state index is 11.3. The normalized spacial score (nSPS) is 17.9. The van der Waals surface area contributed by atoms with Crippen LogP contribution in [0.1, 0.15) is 26.7 Å². The second kappa shape index (κ2) is 3.09. The lowest BCUT2D eigenvalue weighted by Crippen LogP contribution is -2.28. The Morgan fingerprint density at radius 2 is 2.00 bits per heavy atom. The first kappa shape index (κ1) is 9.58. The quantitative estimate of drug-likeness (QED) is 0.723. The predicted octanol–water partition coefficient (Wildman–Crippen LogP) is 1.24. The maximum Gasteiger partial charge on any atom is 0.235 e. The number of hydrogen-bond acceptors (Lipinski definition) is 2. The third-order valence-electron chi connectivity index (χ3n) is 1.93. The smallest absolute Gasteiger partial charge is 0.235 e. The molecule has 0 saturated heterocycles. The van der Waals surface area contributed by atoms with Gasteiger partial charge < -0.3 is 0 Å². The third kappa shape index (κ3) is 2.24. The summed E-state index contributed by atoms with van der Waals surface area (Å²) in [5, 5.41) is -0.159. The van der Waals surface area contributed by atoms with E-state index in [1.165, 1.54) is 0 Å². The van der Waals surface area contributed by atoms with E-state index in [1.807, 2.05) is 13.8 Å². The van der Waals surface area contributed by atoms with Crippen LogP contribution in [0.15, 0.2) is 12.3 Å². The summed E-state index contributed by atoms with van der Waals surface area (Å²) < 4.78 is 25.2. The van der Waals surface area contributed by atoms with Crippen LogP contribution in [0.4, 0.5) is 0 Å². The summed E-state index contributed by atoms with van der Waals surface area (Å²) in [4.78, 5) is 0. The van der Waals surface area contributed by atoms with Crippen molar-refractivity contribution in [2.75, 3.05) is 0 Å². The topological polar surface area (TPSA) is 46.2 Å². The molecule has 4 heteroatoms. The van der Waals surface area contributed by atoms with Crippen LogP contribution in [0.3, 0.4) is 0 Å². The van der Waals surface area contributed by atoms with E-state index in [2.05, 4.69) is 11.3 Å². The highest BCUT2D eigenvalue weighted by Crippen LogP contribution is 2.28. The zero-order chi connectivity index (χ0) is 9.35. The van der Waals surface area contributed by atoms with Crippen molar-refractivity contribution in [1.82, 2.24) is 4.72 Å². The minimum Gasteiger partial charge on any atom is -0.287 e. The summed E-state index contributed by atoms with van der Waals surface area (Å²) in [6.45, 7) is 7.49. The molecule has 0 atom stereocenters. The van der Waals surface area contributed by atoms with Gasteiger partial charge in [-0.1, -0.05) is 20.4 Å². The molecule has 0 aliphatic heterocycles. The van der Waals surface area contributed by atoms with Crippen molar-refractivity contribution in [3.8, 4) is 0 Å². The summed E-state index contributed by atoms with van der Waals surface area (Å²) in [5.74, 6) is 0.165. The van der Waals surface area contributed by atoms with Crippen molar-refractivity contribution >= 4 is 10.0 Å². The summed E-state index contributed by atoms with van der Waals surface area (Å²) in [7, 11) is -3.08. The Hall–Kier alpha value is -0.510. The van der Waals surface area contributed by atoms with Gasteiger partial charge in [0.2, 0.25) is 10.0 Å². The van der Waals surface area contributed by atoms with Gasteiger partial charge in [0.25, 0.3) is 0 Å². The first-order chi connectivity index (χ1) is 5.43. The van der Waals surface area contributed by atoms with E-state index in [1.54, 1.807) is 0 Å². The molecular formula is C8H15NO2S. The molecule has 0 aromatic rings. The molecule has 1 N–H and O–H groups in total. The summed E-state index contributed by atoms with van der Waals surface area (Å²) in [6, 6.07) is 0. The van der Waals surface area contributed by atoms with Crippen LogP contribution in [-0.4, -0.2) is 13.7 Å². The van der Waals surface area contributed by atoms with Gasteiger partial charge in [-0.25, -0.2) is 8.42 Å². The van der Waals surface area contributed by atoms with Crippen LogP contribution >= 0.6 is 0 Å². The summed E-state index contributed by atoms with van der Waals surface area (Å²) >= 11 is 0. The fourth-order valence-electron chi connectivity index (χ4n) is 0.762. The van der Waals surface area contributed by atoms with Gasteiger partial charge in [-0.2, -0.15) is 0 Å². The standard InChI is InChI=1S/C8H15NO2S/c1-6(2)7(3)9-12(10,11)8-4-5-8/h6,8-9H,3-5H2,1-2H3. The Labute approximate surface area is 73.9 Å². The van der Waals surface area contributed by atoms with E-state index < -0.39 is 10.0 Å². The summed E-state index contributed by atoms with van der Waals surface area (Å²) in [5.41, 5.74) is 0.585. The Balaban J connectivity index is 2.55. The molecule has 0 aromatic heterocycles. The average molecular weight is 189 g/mol. The largest absolute Gasteiger partial charge is 0.287 e. The van der Waals surface area contributed by atoms with Gasteiger partial charge in [-0.05, 0) is 18.8 Å². The first-order valence-corrected chi connectivity index (χ1v) is 5.68. The number of sulfonamides is 1. The molecule has 0 spiro atoms. The van der Waals surface area contributed by atoms with Crippen LogP contribution in [0.2, 0.25) is 0 Å². The van der Waals surface area contributed by atoms with Crippen LogP contribution in [0.25, 0.3) is 0 Å². The zero-order valence-corrected chi connectivity index (χ0v) is 8.32. The molecule has 1 fully saturated rings. The van der Waals surface area contributed by atoms with Crippen LogP contribution in [0, 0.1) is 5.92 Å². The molecule has 3 nitrogen and oxygen atoms in total. The molecule has 0 amide bonds. The van der Waals surface area contributed by atoms with E-state index in [-0.39, 0.29) is 11.2 Å². The Morgan fingerprint density at radius 1 is 1.50 bits per heavy atom. The second-order valence-electron chi connectivity index (χ2n) is 3.53. The lowest BCUT2D eigenvalue weighted by molar-refractivity contribution is 0.580. The monoisotopic (exact) mass is 189 g/mol. The minimum atomic E-state index is -3.08. The van der Waals surface area contributed by atoms with Gasteiger partial charge in [0.05, 0.1) is 5.25 Å². The molecule has 0 radical (unpaired) electrons. The van der Waals surface area contributed by atoms with Crippen molar-refractivity contribution in [3.63, 3.8) is 0 Å². The van der Waals surface area contributed by atoms with Crippen molar-refractivity contribution in [2.24, 2.45) is 5.92 Å². The van der Waals surface area contributed by atoms with E-state index in [4.69, 9.17) is 0 Å². The van der Waals surface area contributed by atoms with Gasteiger partial charge in [0.1, 0.15) is 0 Å². The second-order valence-corrected chi connectivity index (χ2v) is 5.49. The number of allylic oxidation sites excluding steroid dienone is 1. The minimum absolute atomic E-state index is 0.159. The Bertz CT molecular complexity index is 275. The van der Waals surface area contributed by atoms with Crippen molar-refractivity contribution in [2.45, 2.75) is 31.9 Å². The molecule has 1 aliphatic carbocycles. The zero-order valence-electron chi connectivity index (χ0n) is 7.50. The molecule has 0 aromatic carbocycles. The van der Waals surface area contributed by atoms with E-state index in [0.717, 1.165) is 12.8 Å². The van der Waals surface area contributed by atoms with Gasteiger partial charge in [0, 0.05) is 5.70 Å².